The minimum Gasteiger partial charge on any atom is -0.328 e. The van der Waals surface area contributed by atoms with Crippen LogP contribution < -0.4 is 0 Å². The van der Waals surface area contributed by atoms with E-state index in [4.69, 9.17) is 14.2 Å². The Labute approximate surface area is 96.9 Å². The summed E-state index contributed by atoms with van der Waals surface area (Å²) in [5, 5.41) is 0. The fourth-order valence-corrected chi connectivity index (χ4v) is 1.94. The van der Waals surface area contributed by atoms with Crippen LogP contribution in [-0.4, -0.2) is 36.0 Å². The quantitative estimate of drug-likeness (QED) is 0.471. The molecule has 2 unspecified atom stereocenters. The van der Waals surface area contributed by atoms with E-state index in [1.54, 1.807) is 0 Å². The van der Waals surface area contributed by atoms with E-state index in [2.05, 4.69) is 13.8 Å². The van der Waals surface area contributed by atoms with Crippen LogP contribution in [0.25, 0.3) is 0 Å². The smallest absolute Gasteiger partial charge is 0.285 e. The Kier molecular flexibility index (Phi) is 7.43. The second-order valence-electron chi connectivity index (χ2n) is 3.94. The summed E-state index contributed by atoms with van der Waals surface area (Å²) in [4.78, 5) is 0. The summed E-state index contributed by atoms with van der Waals surface area (Å²) < 4.78 is 17.1. The molecule has 0 bridgehead atoms. The minimum absolute atomic E-state index is 0.268. The summed E-state index contributed by atoms with van der Waals surface area (Å²) in [6, 6.07) is 0. The van der Waals surface area contributed by atoms with E-state index in [-0.39, 0.29) is 5.92 Å². The van der Waals surface area contributed by atoms with E-state index in [1.807, 2.05) is 20.8 Å². The van der Waals surface area contributed by atoms with Crippen molar-refractivity contribution in [3.63, 3.8) is 0 Å². The fourth-order valence-electron chi connectivity index (χ4n) is 1.53. The second-order valence-corrected chi connectivity index (χ2v) is 5.76. The molecule has 0 aliphatic carbocycles. The van der Waals surface area contributed by atoms with Gasteiger partial charge >= 0.3 is 0 Å². The summed E-state index contributed by atoms with van der Waals surface area (Å²) in [6.45, 7) is 12.1. The molecule has 0 saturated heterocycles. The Balaban J connectivity index is 4.73. The third kappa shape index (κ3) is 4.22. The lowest BCUT2D eigenvalue weighted by Gasteiger charge is -2.39. The van der Waals surface area contributed by atoms with Crippen LogP contribution in [0.5, 0.6) is 0 Å². The van der Waals surface area contributed by atoms with Crippen molar-refractivity contribution in [2.24, 2.45) is 5.92 Å². The first kappa shape index (κ1) is 15.1. The van der Waals surface area contributed by atoms with Gasteiger partial charge in [-0.15, -0.1) is 0 Å². The van der Waals surface area contributed by atoms with Gasteiger partial charge in [0.15, 0.2) is 0 Å². The third-order valence-electron chi connectivity index (χ3n) is 2.59. The molecule has 0 aliphatic rings. The molecule has 4 heteroatoms. The number of rotatable bonds is 8. The minimum atomic E-state index is -0.834. The predicted octanol–water partition coefficient (Wildman–Crippen LogP) is 1.56. The molecular formula is C11H26O3Si. The zero-order valence-electron chi connectivity index (χ0n) is 11.0. The van der Waals surface area contributed by atoms with Gasteiger partial charge in [-0.3, -0.25) is 0 Å². The van der Waals surface area contributed by atoms with Crippen molar-refractivity contribution >= 4 is 10.2 Å². The van der Waals surface area contributed by atoms with Gasteiger partial charge in [0.1, 0.15) is 0 Å². The predicted molar refractivity (Wildman–Crippen MR) is 66.1 cm³/mol. The van der Waals surface area contributed by atoms with Gasteiger partial charge in [0.2, 0.25) is 0 Å². The lowest BCUT2D eigenvalue weighted by Crippen LogP contribution is -2.46. The first-order chi connectivity index (χ1) is 7.04. The van der Waals surface area contributed by atoms with Gasteiger partial charge in [0, 0.05) is 36.0 Å². The first-order valence-corrected chi connectivity index (χ1v) is 7.11. The molecule has 0 aliphatic heterocycles. The average Bonchev–Trinajstić information content (AvgIpc) is 2.17. The van der Waals surface area contributed by atoms with Crippen molar-refractivity contribution < 1.29 is 14.2 Å². The largest absolute Gasteiger partial charge is 0.328 e. The Bertz CT molecular complexity index is 145. The van der Waals surface area contributed by atoms with E-state index in [1.165, 1.54) is 0 Å². The summed E-state index contributed by atoms with van der Waals surface area (Å²) in [7, 11) is 1.11. The molecule has 0 amide bonds. The highest BCUT2D eigenvalue weighted by molar-refractivity contribution is 6.11. The van der Waals surface area contributed by atoms with E-state index in [0.29, 0.717) is 25.4 Å². The van der Waals surface area contributed by atoms with E-state index >= 15 is 0 Å². The van der Waals surface area contributed by atoms with Gasteiger partial charge in [-0.25, -0.2) is 0 Å². The van der Waals surface area contributed by atoms with Crippen LogP contribution in [0.2, 0.25) is 5.54 Å². The van der Waals surface area contributed by atoms with Gasteiger partial charge in [0.05, 0.1) is 0 Å². The van der Waals surface area contributed by atoms with Crippen molar-refractivity contribution in [3.05, 3.63) is 0 Å². The molecule has 0 spiro atoms. The Morgan fingerprint density at radius 3 is 1.47 bits per heavy atom. The Morgan fingerprint density at radius 2 is 1.27 bits per heavy atom. The zero-order valence-corrected chi connectivity index (χ0v) is 13.0. The normalized spacial score (nSPS) is 16.6. The van der Waals surface area contributed by atoms with Gasteiger partial charge in [0.25, 0.3) is 5.97 Å². The maximum absolute atomic E-state index is 5.71. The van der Waals surface area contributed by atoms with Crippen molar-refractivity contribution in [2.75, 3.05) is 19.8 Å². The van der Waals surface area contributed by atoms with Gasteiger partial charge in [-0.1, -0.05) is 13.8 Å². The molecule has 15 heavy (non-hydrogen) atoms. The highest BCUT2D eigenvalue weighted by Crippen LogP contribution is 2.32. The molecule has 0 fully saturated rings. The van der Waals surface area contributed by atoms with Gasteiger partial charge < -0.3 is 14.2 Å². The second kappa shape index (κ2) is 7.38. The maximum atomic E-state index is 5.71. The molecule has 0 heterocycles. The van der Waals surface area contributed by atoms with Crippen LogP contribution in [0.3, 0.4) is 0 Å². The molecule has 0 aromatic carbocycles. The van der Waals surface area contributed by atoms with Crippen molar-refractivity contribution in [3.8, 4) is 0 Å². The maximum Gasteiger partial charge on any atom is 0.285 e. The molecule has 92 valence electrons. The van der Waals surface area contributed by atoms with Crippen molar-refractivity contribution in [2.45, 2.75) is 46.1 Å². The first-order valence-electron chi connectivity index (χ1n) is 5.95. The van der Waals surface area contributed by atoms with Crippen LogP contribution >= 0.6 is 0 Å². The van der Waals surface area contributed by atoms with Gasteiger partial charge in [-0.05, 0) is 26.3 Å². The molecule has 0 N–H and O–H groups in total. The average molecular weight is 234 g/mol. The molecule has 2 atom stereocenters. The van der Waals surface area contributed by atoms with E-state index in [0.717, 1.165) is 10.2 Å². The lowest BCUT2D eigenvalue weighted by atomic mass is 10.1. The van der Waals surface area contributed by atoms with E-state index in [9.17, 15) is 0 Å². The van der Waals surface area contributed by atoms with Crippen LogP contribution in [0.15, 0.2) is 0 Å². The molecule has 0 aromatic rings. The topological polar surface area (TPSA) is 27.7 Å². The van der Waals surface area contributed by atoms with Crippen LogP contribution in [0.1, 0.15) is 34.6 Å². The number of ether oxygens (including phenoxy) is 3. The van der Waals surface area contributed by atoms with E-state index < -0.39 is 5.97 Å². The summed E-state index contributed by atoms with van der Waals surface area (Å²) >= 11 is 0. The molecule has 3 nitrogen and oxygen atoms in total. The van der Waals surface area contributed by atoms with Crippen molar-refractivity contribution in [1.82, 2.24) is 0 Å². The highest BCUT2D eigenvalue weighted by Gasteiger charge is 2.40. The van der Waals surface area contributed by atoms with Crippen molar-refractivity contribution in [1.29, 1.82) is 0 Å². The molecular weight excluding hydrogens is 208 g/mol. The zero-order chi connectivity index (χ0) is 11.9. The fraction of sp³-hybridized carbons (Fsp3) is 1.00. The molecule has 0 saturated carbocycles. The standard InChI is InChI=1S/C11H26O3Si/c1-6-12-11(13-7-2,14-8-3)9(4)10(5)15/h9-10H,6-8H2,1-5,15H3. The summed E-state index contributed by atoms with van der Waals surface area (Å²) in [5.74, 6) is -0.566. The summed E-state index contributed by atoms with van der Waals surface area (Å²) in [5.41, 5.74) is 0.592. The Hall–Kier alpha value is 0.0969. The molecule has 0 rings (SSSR count). The van der Waals surface area contributed by atoms with Crippen LogP contribution in [-0.2, 0) is 14.2 Å². The number of hydrogen-bond acceptors (Lipinski definition) is 3. The highest BCUT2D eigenvalue weighted by atomic mass is 28.1. The lowest BCUT2D eigenvalue weighted by molar-refractivity contribution is -0.399. The molecule has 0 aromatic heterocycles. The Morgan fingerprint density at radius 1 is 0.933 bits per heavy atom. The SMILES string of the molecule is CCOC(OCC)(OCC)C(C)C(C)[SiH3]. The van der Waals surface area contributed by atoms with Crippen LogP contribution in [0, 0.1) is 5.92 Å². The van der Waals surface area contributed by atoms with Gasteiger partial charge in [-0.2, -0.15) is 0 Å². The summed E-state index contributed by atoms with van der Waals surface area (Å²) in [6.07, 6.45) is 0. The monoisotopic (exact) mass is 234 g/mol. The number of hydrogen-bond donors (Lipinski definition) is 0. The third-order valence-corrected chi connectivity index (χ3v) is 3.59. The van der Waals surface area contributed by atoms with Crippen LogP contribution in [0.4, 0.5) is 0 Å². The molecule has 0 radical (unpaired) electrons.